The Hall–Kier alpha value is -1.83. The number of nitrogens with two attached hydrogens (primary N) is 1. The molecule has 1 saturated heterocycles. The normalized spacial score (nSPS) is 19.0. The Morgan fingerprint density at radius 2 is 1.79 bits per heavy atom. The van der Waals surface area contributed by atoms with Gasteiger partial charge in [0.25, 0.3) is 0 Å². The lowest BCUT2D eigenvalue weighted by Gasteiger charge is -2.27. The van der Waals surface area contributed by atoms with Gasteiger partial charge in [0.1, 0.15) is 5.75 Å². The second-order valence-electron chi connectivity index (χ2n) is 7.70. The maximum absolute atomic E-state index is 12.6. The first-order valence-electron chi connectivity index (χ1n) is 10.2. The molecule has 7 nitrogen and oxygen atoms in total. The molecule has 1 aromatic rings. The fraction of sp³-hybridized carbons (Fsp3) is 0.619. The maximum atomic E-state index is 12.6. The molecule has 1 saturated carbocycles. The van der Waals surface area contributed by atoms with Crippen LogP contribution in [-0.4, -0.2) is 38.2 Å². The van der Waals surface area contributed by atoms with E-state index in [4.69, 9.17) is 15.2 Å². The number of anilines is 2. The number of ether oxygens (including phenoxy) is 2. The molecule has 0 radical (unpaired) electrons. The van der Waals surface area contributed by atoms with Gasteiger partial charge in [-0.15, -0.1) is 12.4 Å². The number of carbonyl (C=O) groups excluding carboxylic acids is 2. The smallest absolute Gasteiger partial charge is 0.241 e. The SMILES string of the molecule is COc1ccc(NC(=O)C(N)C2CCOCC2)cc1NC(=O)C1CCCCC1.Cl. The fourth-order valence-corrected chi connectivity index (χ4v) is 4.00. The summed E-state index contributed by atoms with van der Waals surface area (Å²) in [6.45, 7) is 1.29. The highest BCUT2D eigenvalue weighted by Gasteiger charge is 2.27. The van der Waals surface area contributed by atoms with Crippen molar-refractivity contribution in [2.75, 3.05) is 31.0 Å². The van der Waals surface area contributed by atoms with Crippen LogP contribution in [0.25, 0.3) is 0 Å². The minimum atomic E-state index is -0.578. The van der Waals surface area contributed by atoms with E-state index < -0.39 is 6.04 Å². The summed E-state index contributed by atoms with van der Waals surface area (Å²) in [5.74, 6) is 0.522. The highest BCUT2D eigenvalue weighted by molar-refractivity contribution is 5.98. The van der Waals surface area contributed by atoms with Gasteiger partial charge in [-0.3, -0.25) is 9.59 Å². The molecule has 0 aromatic heterocycles. The number of rotatable bonds is 6. The van der Waals surface area contributed by atoms with E-state index in [-0.39, 0.29) is 36.1 Å². The van der Waals surface area contributed by atoms with Crippen molar-refractivity contribution in [3.05, 3.63) is 18.2 Å². The van der Waals surface area contributed by atoms with E-state index in [0.29, 0.717) is 30.3 Å². The van der Waals surface area contributed by atoms with Crippen molar-refractivity contribution in [3.63, 3.8) is 0 Å². The number of nitrogens with one attached hydrogen (secondary N) is 2. The molecule has 2 aliphatic rings. The first-order valence-corrected chi connectivity index (χ1v) is 10.2. The number of halogens is 1. The Morgan fingerprint density at radius 3 is 2.45 bits per heavy atom. The largest absolute Gasteiger partial charge is 0.495 e. The first kappa shape index (κ1) is 23.4. The summed E-state index contributed by atoms with van der Waals surface area (Å²) in [7, 11) is 1.56. The lowest BCUT2D eigenvalue weighted by molar-refractivity contribution is -0.121. The van der Waals surface area contributed by atoms with Gasteiger partial charge in [0, 0.05) is 24.8 Å². The number of benzene rings is 1. The maximum Gasteiger partial charge on any atom is 0.241 e. The highest BCUT2D eigenvalue weighted by atomic mass is 35.5. The standard InChI is InChI=1S/C21H31N3O4.ClH/c1-27-18-8-7-16(23-21(26)19(22)14-9-11-28-12-10-14)13-17(18)24-20(25)15-5-3-2-4-6-15;/h7-8,13-15,19H,2-6,9-12,22H2,1H3,(H,23,26)(H,24,25);1H. The van der Waals surface area contributed by atoms with E-state index in [9.17, 15) is 9.59 Å². The molecule has 1 aliphatic heterocycles. The van der Waals surface area contributed by atoms with E-state index in [1.165, 1.54) is 6.42 Å². The van der Waals surface area contributed by atoms with Gasteiger partial charge in [-0.1, -0.05) is 19.3 Å². The van der Waals surface area contributed by atoms with Gasteiger partial charge in [0.2, 0.25) is 11.8 Å². The van der Waals surface area contributed by atoms with Crippen LogP contribution in [0.15, 0.2) is 18.2 Å². The van der Waals surface area contributed by atoms with Crippen LogP contribution in [0.2, 0.25) is 0 Å². The third-order valence-electron chi connectivity index (χ3n) is 5.78. The number of hydrogen-bond acceptors (Lipinski definition) is 5. The molecule has 0 bridgehead atoms. The van der Waals surface area contributed by atoms with Crippen molar-refractivity contribution in [3.8, 4) is 5.75 Å². The summed E-state index contributed by atoms with van der Waals surface area (Å²) in [4.78, 5) is 25.1. The van der Waals surface area contributed by atoms with Gasteiger partial charge in [0.05, 0.1) is 18.8 Å². The minimum absolute atomic E-state index is 0. The van der Waals surface area contributed by atoms with Crippen LogP contribution >= 0.6 is 12.4 Å². The molecule has 1 heterocycles. The number of carbonyl (C=O) groups is 2. The monoisotopic (exact) mass is 425 g/mol. The Kier molecular flexibility index (Phi) is 9.20. The van der Waals surface area contributed by atoms with Crippen LogP contribution in [0, 0.1) is 11.8 Å². The summed E-state index contributed by atoms with van der Waals surface area (Å²) < 4.78 is 10.7. The molecule has 8 heteroatoms. The molecule has 3 rings (SSSR count). The van der Waals surface area contributed by atoms with Crippen LogP contribution in [0.4, 0.5) is 11.4 Å². The van der Waals surface area contributed by atoms with Crippen LogP contribution in [0.1, 0.15) is 44.9 Å². The van der Waals surface area contributed by atoms with Gasteiger partial charge in [-0.25, -0.2) is 0 Å². The van der Waals surface area contributed by atoms with Crippen LogP contribution in [0.3, 0.4) is 0 Å². The molecule has 162 valence electrons. The van der Waals surface area contributed by atoms with Crippen molar-refractivity contribution in [1.82, 2.24) is 0 Å². The fourth-order valence-electron chi connectivity index (χ4n) is 4.00. The van der Waals surface area contributed by atoms with Crippen LogP contribution < -0.4 is 21.1 Å². The zero-order chi connectivity index (χ0) is 19.9. The molecule has 1 aliphatic carbocycles. The number of hydrogen-bond donors (Lipinski definition) is 3. The Balaban J connectivity index is 0.00000300. The lowest BCUT2D eigenvalue weighted by atomic mass is 9.88. The summed E-state index contributed by atoms with van der Waals surface area (Å²) in [6, 6.07) is 4.65. The van der Waals surface area contributed by atoms with E-state index in [1.54, 1.807) is 25.3 Å². The van der Waals surface area contributed by atoms with E-state index in [2.05, 4.69) is 10.6 Å². The summed E-state index contributed by atoms with van der Waals surface area (Å²) in [6.07, 6.45) is 6.81. The number of methoxy groups -OCH3 is 1. The van der Waals surface area contributed by atoms with Crippen LogP contribution in [-0.2, 0) is 14.3 Å². The molecule has 1 aromatic carbocycles. The van der Waals surface area contributed by atoms with Gasteiger partial charge >= 0.3 is 0 Å². The molecular formula is C21H32ClN3O4. The second kappa shape index (κ2) is 11.4. The first-order chi connectivity index (χ1) is 13.6. The molecule has 29 heavy (non-hydrogen) atoms. The van der Waals surface area contributed by atoms with Crippen molar-refractivity contribution in [2.45, 2.75) is 51.0 Å². The Labute approximate surface area is 178 Å². The minimum Gasteiger partial charge on any atom is -0.495 e. The quantitative estimate of drug-likeness (QED) is 0.648. The molecular weight excluding hydrogens is 394 g/mol. The summed E-state index contributed by atoms with van der Waals surface area (Å²) in [5.41, 5.74) is 7.31. The van der Waals surface area contributed by atoms with Crippen LogP contribution in [0.5, 0.6) is 5.75 Å². The third-order valence-corrected chi connectivity index (χ3v) is 5.78. The summed E-state index contributed by atoms with van der Waals surface area (Å²) >= 11 is 0. The molecule has 0 spiro atoms. The Morgan fingerprint density at radius 1 is 1.10 bits per heavy atom. The second-order valence-corrected chi connectivity index (χ2v) is 7.70. The average Bonchev–Trinajstić information content (AvgIpc) is 2.74. The van der Waals surface area contributed by atoms with Crippen molar-refractivity contribution >= 4 is 35.6 Å². The van der Waals surface area contributed by atoms with E-state index in [1.807, 2.05) is 0 Å². The molecule has 2 fully saturated rings. The molecule has 4 N–H and O–H groups in total. The van der Waals surface area contributed by atoms with Gasteiger partial charge in [0.15, 0.2) is 0 Å². The lowest BCUT2D eigenvalue weighted by Crippen LogP contribution is -2.44. The topological polar surface area (TPSA) is 103 Å². The highest BCUT2D eigenvalue weighted by Crippen LogP contribution is 2.31. The van der Waals surface area contributed by atoms with Gasteiger partial charge < -0.3 is 25.8 Å². The Bertz CT molecular complexity index is 689. The van der Waals surface area contributed by atoms with Crippen molar-refractivity contribution in [2.24, 2.45) is 17.6 Å². The average molecular weight is 426 g/mol. The summed E-state index contributed by atoms with van der Waals surface area (Å²) in [5, 5.41) is 5.85. The molecule has 1 unspecified atom stereocenters. The van der Waals surface area contributed by atoms with Gasteiger partial charge in [-0.2, -0.15) is 0 Å². The van der Waals surface area contributed by atoms with Crippen molar-refractivity contribution in [1.29, 1.82) is 0 Å². The number of amides is 2. The third kappa shape index (κ3) is 6.32. The molecule has 1 atom stereocenters. The molecule has 2 amide bonds. The van der Waals surface area contributed by atoms with Gasteiger partial charge in [-0.05, 0) is 49.8 Å². The van der Waals surface area contributed by atoms with Crippen molar-refractivity contribution < 1.29 is 19.1 Å². The predicted octanol–water partition coefficient (Wildman–Crippen LogP) is 3.33. The van der Waals surface area contributed by atoms with E-state index >= 15 is 0 Å². The zero-order valence-corrected chi connectivity index (χ0v) is 17.8. The zero-order valence-electron chi connectivity index (χ0n) is 16.9. The van der Waals surface area contributed by atoms with E-state index in [0.717, 1.165) is 38.5 Å². The predicted molar refractivity (Wildman–Crippen MR) is 116 cm³/mol.